The third-order valence-corrected chi connectivity index (χ3v) is 4.02. The van der Waals surface area contributed by atoms with Crippen molar-refractivity contribution in [3.8, 4) is 0 Å². The first kappa shape index (κ1) is 19.1. The Kier molecular flexibility index (Phi) is 7.10. The fourth-order valence-electron chi connectivity index (χ4n) is 2.12. The lowest BCUT2D eigenvalue weighted by Gasteiger charge is -2.10. The first-order valence-corrected chi connectivity index (χ1v) is 8.62. The second-order valence-electron chi connectivity index (χ2n) is 5.41. The Morgan fingerprint density at radius 3 is 2.20 bits per heavy atom. The van der Waals surface area contributed by atoms with Gasteiger partial charge in [-0.1, -0.05) is 36.2 Å². The number of nitrogens with one attached hydrogen (secondary N) is 3. The molecule has 0 saturated heterocycles. The van der Waals surface area contributed by atoms with Crippen LogP contribution in [-0.2, 0) is 9.59 Å². The number of hydrogen-bond donors (Lipinski definition) is 3. The Morgan fingerprint density at radius 2 is 1.56 bits per heavy atom. The van der Waals surface area contributed by atoms with E-state index in [0.717, 1.165) is 6.42 Å². The van der Waals surface area contributed by atoms with Gasteiger partial charge in [-0.15, -0.1) is 0 Å². The number of halogens is 2. The number of amides is 2. The molecule has 3 N–H and O–H groups in total. The van der Waals surface area contributed by atoms with Gasteiger partial charge in [-0.25, -0.2) is 0 Å². The predicted molar refractivity (Wildman–Crippen MR) is 104 cm³/mol. The van der Waals surface area contributed by atoms with Crippen LogP contribution in [0.3, 0.4) is 0 Å². The van der Waals surface area contributed by atoms with Crippen molar-refractivity contribution in [3.05, 3.63) is 52.5 Å². The van der Waals surface area contributed by atoms with Crippen LogP contribution >= 0.6 is 23.2 Å². The van der Waals surface area contributed by atoms with Crippen molar-refractivity contribution < 1.29 is 9.59 Å². The monoisotopic (exact) mass is 379 g/mol. The molecule has 0 aliphatic heterocycles. The van der Waals surface area contributed by atoms with Crippen molar-refractivity contribution in [2.24, 2.45) is 0 Å². The van der Waals surface area contributed by atoms with Crippen LogP contribution in [0.4, 0.5) is 17.1 Å². The van der Waals surface area contributed by atoms with Crippen LogP contribution in [0.2, 0.25) is 10.0 Å². The highest BCUT2D eigenvalue weighted by atomic mass is 35.5. The summed E-state index contributed by atoms with van der Waals surface area (Å²) in [7, 11) is 0. The van der Waals surface area contributed by atoms with Crippen LogP contribution < -0.4 is 16.0 Å². The third kappa shape index (κ3) is 6.29. The topological polar surface area (TPSA) is 70.2 Å². The van der Waals surface area contributed by atoms with Gasteiger partial charge in [-0.05, 0) is 42.8 Å². The second-order valence-corrected chi connectivity index (χ2v) is 6.22. The van der Waals surface area contributed by atoms with Gasteiger partial charge in [0.2, 0.25) is 11.8 Å². The lowest BCUT2D eigenvalue weighted by atomic mass is 10.2. The van der Waals surface area contributed by atoms with Crippen molar-refractivity contribution in [3.63, 3.8) is 0 Å². The minimum Gasteiger partial charge on any atom is -0.376 e. The molecule has 2 aromatic carbocycles. The molecule has 5 nitrogen and oxygen atoms in total. The fraction of sp³-hybridized carbons (Fsp3) is 0.222. The molecule has 0 fully saturated rings. The molecule has 0 radical (unpaired) electrons. The molecule has 0 aliphatic rings. The van der Waals surface area contributed by atoms with E-state index in [0.29, 0.717) is 33.5 Å². The average Bonchev–Trinajstić information content (AvgIpc) is 2.56. The van der Waals surface area contributed by atoms with Gasteiger partial charge in [-0.3, -0.25) is 9.59 Å². The second kappa shape index (κ2) is 9.30. The average molecular weight is 380 g/mol. The molecular formula is C18H19Cl2N3O2. The molecule has 0 saturated carbocycles. The molecule has 0 bridgehead atoms. The van der Waals surface area contributed by atoms with Crippen molar-refractivity contribution in [1.29, 1.82) is 0 Å². The molecule has 2 aromatic rings. The van der Waals surface area contributed by atoms with E-state index < -0.39 is 0 Å². The summed E-state index contributed by atoms with van der Waals surface area (Å²) in [5, 5.41) is 9.41. The maximum absolute atomic E-state index is 12.1. The van der Waals surface area contributed by atoms with Crippen LogP contribution in [0.1, 0.15) is 19.8 Å². The number of benzene rings is 2. The Hall–Kier alpha value is -2.24. The van der Waals surface area contributed by atoms with Gasteiger partial charge in [0.1, 0.15) is 0 Å². The molecule has 0 unspecified atom stereocenters. The van der Waals surface area contributed by atoms with E-state index in [1.807, 2.05) is 6.92 Å². The summed E-state index contributed by atoms with van der Waals surface area (Å²) in [6.45, 7) is 2.02. The largest absolute Gasteiger partial charge is 0.376 e. The maximum atomic E-state index is 12.1. The molecule has 25 heavy (non-hydrogen) atoms. The zero-order valence-electron chi connectivity index (χ0n) is 13.7. The first-order valence-electron chi connectivity index (χ1n) is 7.86. The molecule has 2 amide bonds. The lowest BCUT2D eigenvalue weighted by Crippen LogP contribution is -2.21. The van der Waals surface area contributed by atoms with Crippen LogP contribution in [0, 0.1) is 0 Å². The normalized spacial score (nSPS) is 10.2. The molecule has 0 aliphatic carbocycles. The van der Waals surface area contributed by atoms with E-state index in [1.54, 1.807) is 42.5 Å². The zero-order chi connectivity index (χ0) is 18.2. The van der Waals surface area contributed by atoms with E-state index in [1.165, 1.54) is 0 Å². The summed E-state index contributed by atoms with van der Waals surface area (Å²) in [5.74, 6) is -0.268. The summed E-state index contributed by atoms with van der Waals surface area (Å²) in [6, 6.07) is 12.1. The molecule has 0 atom stereocenters. The molecule has 132 valence electrons. The van der Waals surface area contributed by atoms with Crippen molar-refractivity contribution in [2.75, 3.05) is 22.5 Å². The van der Waals surface area contributed by atoms with Gasteiger partial charge >= 0.3 is 0 Å². The number of anilines is 3. The van der Waals surface area contributed by atoms with Crippen LogP contribution in [0.5, 0.6) is 0 Å². The Labute approximate surface area is 156 Å². The van der Waals surface area contributed by atoms with Crippen LogP contribution in [0.25, 0.3) is 0 Å². The van der Waals surface area contributed by atoms with Gasteiger partial charge in [0.05, 0.1) is 16.6 Å². The van der Waals surface area contributed by atoms with E-state index >= 15 is 0 Å². The van der Waals surface area contributed by atoms with E-state index in [4.69, 9.17) is 23.2 Å². The predicted octanol–water partition coefficient (Wildman–Crippen LogP) is 4.78. The van der Waals surface area contributed by atoms with Gasteiger partial charge < -0.3 is 16.0 Å². The van der Waals surface area contributed by atoms with Gasteiger partial charge in [0, 0.05) is 23.5 Å². The van der Waals surface area contributed by atoms with Crippen molar-refractivity contribution >= 4 is 52.1 Å². The Morgan fingerprint density at radius 1 is 0.880 bits per heavy atom. The van der Waals surface area contributed by atoms with Gasteiger partial charge in [-0.2, -0.15) is 0 Å². The highest BCUT2D eigenvalue weighted by Crippen LogP contribution is 2.24. The Balaban J connectivity index is 1.89. The highest BCUT2D eigenvalue weighted by molar-refractivity contribution is 6.42. The molecule has 0 heterocycles. The fourth-order valence-corrected chi connectivity index (χ4v) is 2.42. The van der Waals surface area contributed by atoms with E-state index in [-0.39, 0.29) is 18.4 Å². The van der Waals surface area contributed by atoms with Crippen LogP contribution in [0.15, 0.2) is 42.5 Å². The lowest BCUT2D eigenvalue weighted by molar-refractivity contribution is -0.116. The smallest absolute Gasteiger partial charge is 0.243 e. The molecule has 2 rings (SSSR count). The van der Waals surface area contributed by atoms with Crippen molar-refractivity contribution in [2.45, 2.75) is 19.8 Å². The molecule has 7 heteroatoms. The number of carbonyl (C=O) groups is 2. The highest BCUT2D eigenvalue weighted by Gasteiger charge is 2.06. The zero-order valence-corrected chi connectivity index (χ0v) is 15.2. The minimum atomic E-state index is -0.219. The maximum Gasteiger partial charge on any atom is 0.243 e. The summed E-state index contributed by atoms with van der Waals surface area (Å²) >= 11 is 11.8. The van der Waals surface area contributed by atoms with Crippen molar-refractivity contribution in [1.82, 2.24) is 0 Å². The SMILES string of the molecule is CCCC(=O)Nc1cccc(NC(=O)CNc2ccc(Cl)c(Cl)c2)c1. The summed E-state index contributed by atoms with van der Waals surface area (Å²) < 4.78 is 0. The van der Waals surface area contributed by atoms with Gasteiger partial charge in [0.25, 0.3) is 0 Å². The summed E-state index contributed by atoms with van der Waals surface area (Å²) in [6.07, 6.45) is 1.24. The molecular weight excluding hydrogens is 361 g/mol. The minimum absolute atomic E-state index is 0.0488. The quantitative estimate of drug-likeness (QED) is 0.647. The molecule has 0 aromatic heterocycles. The first-order chi connectivity index (χ1) is 12.0. The standard InChI is InChI=1S/C18H19Cl2N3O2/c1-2-4-17(24)22-13-5-3-6-14(9-13)23-18(25)11-21-12-7-8-15(19)16(20)10-12/h3,5-10,21H,2,4,11H2,1H3,(H,22,24)(H,23,25). The number of carbonyl (C=O) groups excluding carboxylic acids is 2. The Bertz CT molecular complexity index is 766. The van der Waals surface area contributed by atoms with Crippen LogP contribution in [-0.4, -0.2) is 18.4 Å². The number of hydrogen-bond acceptors (Lipinski definition) is 3. The third-order valence-electron chi connectivity index (χ3n) is 3.28. The summed E-state index contributed by atoms with van der Waals surface area (Å²) in [5.41, 5.74) is 1.95. The molecule has 0 spiro atoms. The van der Waals surface area contributed by atoms with E-state index in [2.05, 4.69) is 16.0 Å². The number of rotatable bonds is 7. The van der Waals surface area contributed by atoms with Gasteiger partial charge in [0.15, 0.2) is 0 Å². The summed E-state index contributed by atoms with van der Waals surface area (Å²) in [4.78, 5) is 23.7. The van der Waals surface area contributed by atoms with E-state index in [9.17, 15) is 9.59 Å².